The second-order valence-electron chi connectivity index (χ2n) is 8.89. The number of pyridine rings is 1. The molecular formula is C27H23N3O3. The monoisotopic (exact) mass is 437 g/mol. The number of aromatic nitrogens is 3. The maximum Gasteiger partial charge on any atom is 0.170 e. The molecule has 4 aromatic rings. The number of phenolic OH excluding ortho intramolecular Hbond substituents is 1. The van der Waals surface area contributed by atoms with Crippen molar-refractivity contribution < 1.29 is 14.6 Å². The summed E-state index contributed by atoms with van der Waals surface area (Å²) in [6, 6.07) is 16.7. The molecule has 0 bridgehead atoms. The van der Waals surface area contributed by atoms with Gasteiger partial charge in [-0.3, -0.25) is 9.78 Å². The summed E-state index contributed by atoms with van der Waals surface area (Å²) < 4.78 is 5.94. The van der Waals surface area contributed by atoms with Crippen molar-refractivity contribution in [3.63, 3.8) is 0 Å². The molecule has 2 aromatic heterocycles. The first-order valence-electron chi connectivity index (χ1n) is 10.8. The van der Waals surface area contributed by atoms with E-state index in [0.717, 1.165) is 16.7 Å². The number of benzene rings is 2. The molecule has 33 heavy (non-hydrogen) atoms. The van der Waals surface area contributed by atoms with Gasteiger partial charge >= 0.3 is 0 Å². The van der Waals surface area contributed by atoms with Gasteiger partial charge in [0.25, 0.3) is 0 Å². The van der Waals surface area contributed by atoms with Crippen molar-refractivity contribution in [1.82, 2.24) is 15.0 Å². The first-order chi connectivity index (χ1) is 15.8. The SMILES string of the molecule is Cc1ccc(-c2cc(-c3cc4c(cc3O)OC(C)(C)CC4=O)nc(-c3ccncc3)n2)cc1. The number of phenols is 1. The minimum absolute atomic E-state index is 0.00603. The van der Waals surface area contributed by atoms with Crippen LogP contribution in [-0.4, -0.2) is 31.4 Å². The van der Waals surface area contributed by atoms with E-state index < -0.39 is 5.60 Å². The van der Waals surface area contributed by atoms with Crippen LogP contribution in [0.2, 0.25) is 0 Å². The Morgan fingerprint density at radius 3 is 2.30 bits per heavy atom. The van der Waals surface area contributed by atoms with Gasteiger partial charge < -0.3 is 9.84 Å². The molecule has 0 saturated heterocycles. The van der Waals surface area contributed by atoms with Crippen LogP contribution in [0.1, 0.15) is 36.2 Å². The van der Waals surface area contributed by atoms with Crippen molar-refractivity contribution in [2.45, 2.75) is 32.8 Å². The molecule has 0 radical (unpaired) electrons. The summed E-state index contributed by atoms with van der Waals surface area (Å²) in [4.78, 5) is 26.4. The standard InChI is InChI=1S/C27H23N3O3/c1-16-4-6-17(7-5-16)21-13-22(30-26(29-21)18-8-10-28-11-9-18)19-12-20-24(32)15-27(2,3)33-25(20)14-23(19)31/h4-14,31H,15H2,1-3H3. The third-order valence-corrected chi connectivity index (χ3v) is 5.66. The first-order valence-corrected chi connectivity index (χ1v) is 10.8. The van der Waals surface area contributed by atoms with Crippen LogP contribution in [0.25, 0.3) is 33.9 Å². The number of hydrogen-bond donors (Lipinski definition) is 1. The molecule has 0 aliphatic carbocycles. The highest BCUT2D eigenvalue weighted by atomic mass is 16.5. The Kier molecular flexibility index (Phi) is 4.93. The molecule has 0 unspecified atom stereocenters. The van der Waals surface area contributed by atoms with E-state index in [-0.39, 0.29) is 18.0 Å². The highest BCUT2D eigenvalue weighted by Crippen LogP contribution is 2.41. The molecule has 6 nitrogen and oxygen atoms in total. The fourth-order valence-electron chi connectivity index (χ4n) is 3.98. The molecule has 0 saturated carbocycles. The minimum Gasteiger partial charge on any atom is -0.507 e. The highest BCUT2D eigenvalue weighted by molar-refractivity contribution is 6.02. The molecule has 164 valence electrons. The summed E-state index contributed by atoms with van der Waals surface area (Å²) in [7, 11) is 0. The number of hydrogen-bond acceptors (Lipinski definition) is 6. The summed E-state index contributed by atoms with van der Waals surface area (Å²) in [6.45, 7) is 5.75. The Bertz CT molecular complexity index is 1360. The first kappa shape index (κ1) is 20.8. The zero-order valence-corrected chi connectivity index (χ0v) is 18.7. The molecule has 0 amide bonds. The smallest absolute Gasteiger partial charge is 0.170 e. The number of ketones is 1. The van der Waals surface area contributed by atoms with Crippen LogP contribution in [0, 0.1) is 6.92 Å². The molecule has 0 atom stereocenters. The number of ether oxygens (including phenoxy) is 1. The molecule has 5 rings (SSSR count). The average molecular weight is 437 g/mol. The normalized spacial score (nSPS) is 14.5. The van der Waals surface area contributed by atoms with Gasteiger partial charge in [0.1, 0.15) is 17.1 Å². The zero-order chi connectivity index (χ0) is 23.2. The van der Waals surface area contributed by atoms with Crippen LogP contribution in [0.3, 0.4) is 0 Å². The average Bonchev–Trinajstić information content (AvgIpc) is 2.78. The Labute approximate surface area is 192 Å². The molecule has 2 aromatic carbocycles. The van der Waals surface area contributed by atoms with Crippen molar-refractivity contribution in [3.05, 3.63) is 78.1 Å². The van der Waals surface area contributed by atoms with Crippen molar-refractivity contribution in [3.8, 4) is 45.4 Å². The number of nitrogens with zero attached hydrogens (tertiary/aromatic N) is 3. The van der Waals surface area contributed by atoms with Crippen LogP contribution in [-0.2, 0) is 0 Å². The van der Waals surface area contributed by atoms with Gasteiger partial charge in [0.2, 0.25) is 0 Å². The lowest BCUT2D eigenvalue weighted by atomic mass is 9.91. The van der Waals surface area contributed by atoms with Crippen molar-refractivity contribution in [1.29, 1.82) is 0 Å². The Balaban J connectivity index is 1.70. The number of aromatic hydroxyl groups is 1. The largest absolute Gasteiger partial charge is 0.507 e. The molecule has 3 heterocycles. The summed E-state index contributed by atoms with van der Waals surface area (Å²) >= 11 is 0. The van der Waals surface area contributed by atoms with Crippen LogP contribution < -0.4 is 4.74 Å². The van der Waals surface area contributed by atoms with Crippen molar-refractivity contribution in [2.24, 2.45) is 0 Å². The number of Topliss-reactive ketones (excluding diaryl/α,β-unsaturated/α-hetero) is 1. The van der Waals surface area contributed by atoms with Gasteiger partial charge in [-0.25, -0.2) is 9.97 Å². The molecule has 1 N–H and O–H groups in total. The topological polar surface area (TPSA) is 85.2 Å². The number of fused-ring (bicyclic) bond motifs is 1. The van der Waals surface area contributed by atoms with Gasteiger partial charge in [0.15, 0.2) is 11.6 Å². The Morgan fingerprint density at radius 1 is 0.879 bits per heavy atom. The van der Waals surface area contributed by atoms with E-state index in [1.165, 1.54) is 6.07 Å². The Hall–Kier alpha value is -4.06. The quantitative estimate of drug-likeness (QED) is 0.447. The van der Waals surface area contributed by atoms with E-state index in [1.54, 1.807) is 18.5 Å². The van der Waals surface area contributed by atoms with E-state index >= 15 is 0 Å². The Morgan fingerprint density at radius 2 is 1.58 bits per heavy atom. The molecular weight excluding hydrogens is 414 g/mol. The van der Waals surface area contributed by atoms with Gasteiger partial charge in [-0.1, -0.05) is 29.8 Å². The number of carbonyl (C=O) groups excluding carboxylic acids is 1. The van der Waals surface area contributed by atoms with Crippen LogP contribution in [0.15, 0.2) is 67.0 Å². The van der Waals surface area contributed by atoms with Gasteiger partial charge in [0, 0.05) is 35.2 Å². The van der Waals surface area contributed by atoms with E-state index in [0.29, 0.717) is 34.1 Å². The lowest BCUT2D eigenvalue weighted by Gasteiger charge is -2.31. The third-order valence-electron chi connectivity index (χ3n) is 5.66. The highest BCUT2D eigenvalue weighted by Gasteiger charge is 2.33. The summed E-state index contributed by atoms with van der Waals surface area (Å²) in [6.07, 6.45) is 3.64. The zero-order valence-electron chi connectivity index (χ0n) is 18.7. The fourth-order valence-corrected chi connectivity index (χ4v) is 3.98. The van der Waals surface area contributed by atoms with Gasteiger partial charge in [0.05, 0.1) is 23.4 Å². The molecule has 1 aliphatic rings. The van der Waals surface area contributed by atoms with E-state index in [4.69, 9.17) is 14.7 Å². The number of rotatable bonds is 3. The van der Waals surface area contributed by atoms with Gasteiger partial charge in [-0.15, -0.1) is 0 Å². The van der Waals surface area contributed by atoms with Crippen molar-refractivity contribution in [2.75, 3.05) is 0 Å². The van der Waals surface area contributed by atoms with Crippen LogP contribution >= 0.6 is 0 Å². The predicted molar refractivity (Wildman–Crippen MR) is 126 cm³/mol. The minimum atomic E-state index is -0.611. The molecule has 6 heteroatoms. The number of aryl methyl sites for hydroxylation is 1. The third kappa shape index (κ3) is 4.07. The summed E-state index contributed by atoms with van der Waals surface area (Å²) in [5.74, 6) is 0.865. The van der Waals surface area contributed by atoms with E-state index in [2.05, 4.69) is 4.98 Å². The fraction of sp³-hybridized carbons (Fsp3) is 0.185. The van der Waals surface area contributed by atoms with Crippen LogP contribution in [0.4, 0.5) is 0 Å². The predicted octanol–water partition coefficient (Wildman–Crippen LogP) is 5.63. The second kappa shape index (κ2) is 7.81. The maximum absolute atomic E-state index is 12.8. The van der Waals surface area contributed by atoms with E-state index in [9.17, 15) is 9.90 Å². The number of carbonyl (C=O) groups is 1. The van der Waals surface area contributed by atoms with E-state index in [1.807, 2.05) is 63.2 Å². The van der Waals surface area contributed by atoms with Gasteiger partial charge in [-0.05, 0) is 45.0 Å². The van der Waals surface area contributed by atoms with Crippen molar-refractivity contribution >= 4 is 5.78 Å². The molecule has 0 fully saturated rings. The van der Waals surface area contributed by atoms with Gasteiger partial charge in [-0.2, -0.15) is 0 Å². The van der Waals surface area contributed by atoms with Crippen LogP contribution in [0.5, 0.6) is 11.5 Å². The summed E-state index contributed by atoms with van der Waals surface area (Å²) in [5.41, 5.74) is 4.41. The lowest BCUT2D eigenvalue weighted by Crippen LogP contribution is -2.35. The molecule has 0 spiro atoms. The molecule has 1 aliphatic heterocycles. The lowest BCUT2D eigenvalue weighted by molar-refractivity contribution is 0.0619. The second-order valence-corrected chi connectivity index (χ2v) is 8.89. The maximum atomic E-state index is 12.8. The summed E-state index contributed by atoms with van der Waals surface area (Å²) in [5, 5.41) is 10.9.